The van der Waals surface area contributed by atoms with Crippen molar-refractivity contribution in [3.63, 3.8) is 0 Å². The van der Waals surface area contributed by atoms with Crippen molar-refractivity contribution in [2.45, 2.75) is 155 Å². The average Bonchev–Trinajstić information content (AvgIpc) is 3.02. The van der Waals surface area contributed by atoms with Crippen LogP contribution in [0, 0.1) is 11.8 Å². The summed E-state index contributed by atoms with van der Waals surface area (Å²) >= 11 is 0. The second kappa shape index (κ2) is 11.4. The van der Waals surface area contributed by atoms with Gasteiger partial charge in [0.1, 0.15) is 12.2 Å². The molecule has 1 heterocycles. The van der Waals surface area contributed by atoms with Crippen molar-refractivity contribution in [1.29, 1.82) is 0 Å². The molecule has 0 aromatic carbocycles. The SMILES string of the molecule is CCO[C@H]1O[C@H](CO[Si](C)(C)C(C)(C)C)[C@H](O[Si](C)(C)C(C)(C)C)[C@@H]2CC(=O)[C@@H](O[Si](C)(C)C(C)(C)C)[C@H]12. The molecule has 2 aliphatic rings. The van der Waals surface area contributed by atoms with Crippen LogP contribution in [0.4, 0.5) is 0 Å². The van der Waals surface area contributed by atoms with E-state index in [-0.39, 0.29) is 44.9 Å². The van der Waals surface area contributed by atoms with E-state index in [1.165, 1.54) is 0 Å². The summed E-state index contributed by atoms with van der Waals surface area (Å²) in [5.74, 6) is -0.0481. The van der Waals surface area contributed by atoms with E-state index in [2.05, 4.69) is 102 Å². The quantitative estimate of drug-likeness (QED) is 0.257. The summed E-state index contributed by atoms with van der Waals surface area (Å²) in [4.78, 5) is 13.7. The molecule has 9 heteroatoms. The molecule has 6 nitrogen and oxygen atoms in total. The Balaban J connectivity index is 2.51. The number of carbonyl (C=O) groups is 1. The van der Waals surface area contributed by atoms with Crippen LogP contribution in [0.15, 0.2) is 0 Å². The van der Waals surface area contributed by atoms with Crippen molar-refractivity contribution in [1.82, 2.24) is 0 Å². The van der Waals surface area contributed by atoms with Gasteiger partial charge < -0.3 is 22.8 Å². The molecule has 0 N–H and O–H groups in total. The molecule has 0 unspecified atom stereocenters. The Kier molecular flexibility index (Phi) is 10.3. The van der Waals surface area contributed by atoms with E-state index in [1.807, 2.05) is 6.92 Å². The van der Waals surface area contributed by atoms with Crippen LogP contribution in [0.3, 0.4) is 0 Å². The van der Waals surface area contributed by atoms with Crippen LogP contribution >= 0.6 is 0 Å². The van der Waals surface area contributed by atoms with Gasteiger partial charge in [-0.05, 0) is 61.3 Å². The number of ether oxygens (including phenoxy) is 2. The molecule has 2 fully saturated rings. The van der Waals surface area contributed by atoms with Gasteiger partial charge in [-0.2, -0.15) is 0 Å². The van der Waals surface area contributed by atoms with Gasteiger partial charge in [0.05, 0.1) is 12.7 Å². The Labute approximate surface area is 237 Å². The van der Waals surface area contributed by atoms with Crippen LogP contribution < -0.4 is 0 Å². The van der Waals surface area contributed by atoms with E-state index < -0.39 is 37.3 Å². The van der Waals surface area contributed by atoms with Crippen LogP contribution in [-0.2, 0) is 27.5 Å². The number of fused-ring (bicyclic) bond motifs is 1. The minimum absolute atomic E-state index is 0.00141. The zero-order chi connectivity index (χ0) is 29.7. The maximum Gasteiger partial charge on any atom is 0.193 e. The molecular weight excluding hydrogens is 529 g/mol. The van der Waals surface area contributed by atoms with E-state index in [9.17, 15) is 4.79 Å². The molecule has 38 heavy (non-hydrogen) atoms. The Bertz CT molecular complexity index is 822. The molecule has 1 saturated carbocycles. The van der Waals surface area contributed by atoms with Crippen LogP contribution in [0.5, 0.6) is 0 Å². The van der Waals surface area contributed by atoms with Gasteiger partial charge in [-0.25, -0.2) is 0 Å². The normalized spacial score (nSPS) is 30.1. The molecule has 0 aromatic rings. The van der Waals surface area contributed by atoms with Gasteiger partial charge >= 0.3 is 0 Å². The van der Waals surface area contributed by atoms with E-state index in [4.69, 9.17) is 22.8 Å². The number of carbonyl (C=O) groups excluding carboxylic acids is 1. The van der Waals surface area contributed by atoms with Crippen LogP contribution in [0.2, 0.25) is 54.4 Å². The van der Waals surface area contributed by atoms with Gasteiger partial charge in [0, 0.05) is 24.9 Å². The maximum absolute atomic E-state index is 13.7. The van der Waals surface area contributed by atoms with E-state index >= 15 is 0 Å². The smallest absolute Gasteiger partial charge is 0.193 e. The zero-order valence-corrected chi connectivity index (χ0v) is 30.5. The van der Waals surface area contributed by atoms with Gasteiger partial charge in [0.2, 0.25) is 0 Å². The first-order chi connectivity index (χ1) is 16.9. The average molecular weight is 589 g/mol. The summed E-state index contributed by atoms with van der Waals surface area (Å²) in [6, 6.07) is 0. The first-order valence-corrected chi connectivity index (χ1v) is 23.4. The van der Waals surface area contributed by atoms with Crippen molar-refractivity contribution in [2.75, 3.05) is 13.2 Å². The van der Waals surface area contributed by atoms with Gasteiger partial charge in [0.25, 0.3) is 0 Å². The van der Waals surface area contributed by atoms with Gasteiger partial charge in [-0.3, -0.25) is 4.79 Å². The lowest BCUT2D eigenvalue weighted by Crippen LogP contribution is -2.60. The number of hydrogen-bond donors (Lipinski definition) is 0. The number of rotatable bonds is 9. The summed E-state index contributed by atoms with van der Waals surface area (Å²) in [7, 11) is -6.39. The molecule has 1 aliphatic heterocycles. The van der Waals surface area contributed by atoms with Crippen LogP contribution in [0.1, 0.15) is 75.7 Å². The third-order valence-electron chi connectivity index (χ3n) is 10.2. The highest BCUT2D eigenvalue weighted by Crippen LogP contribution is 2.50. The lowest BCUT2D eigenvalue weighted by molar-refractivity contribution is -0.272. The second-order valence-electron chi connectivity index (χ2n) is 16.1. The molecule has 0 radical (unpaired) electrons. The maximum atomic E-state index is 13.7. The summed E-state index contributed by atoms with van der Waals surface area (Å²) in [6.07, 6.45) is -1.13. The standard InChI is InChI=1S/C29H60O6Si3/c1-17-31-26-23-20(18-21(30)25(23)35-38(15,16)29(8,9)10)24(34-37(13,14)28(5,6)7)22(33-26)19-32-36(11,12)27(2,3)4/h20,22-26H,17-19H2,1-16H3/t20-,22-,23-,24-,25-,26+/m1/s1. The Morgan fingerprint density at radius 2 is 1.26 bits per heavy atom. The molecule has 0 bridgehead atoms. The van der Waals surface area contributed by atoms with Gasteiger partial charge in [-0.1, -0.05) is 62.3 Å². The van der Waals surface area contributed by atoms with E-state index in [1.54, 1.807) is 0 Å². The zero-order valence-electron chi connectivity index (χ0n) is 27.5. The van der Waals surface area contributed by atoms with Crippen LogP contribution in [0.25, 0.3) is 0 Å². The molecular formula is C29H60O6Si3. The van der Waals surface area contributed by atoms with Gasteiger partial charge in [0.15, 0.2) is 37.0 Å². The van der Waals surface area contributed by atoms with Crippen molar-refractivity contribution < 1.29 is 27.5 Å². The minimum atomic E-state index is -2.20. The fourth-order valence-corrected chi connectivity index (χ4v) is 8.15. The molecule has 1 aliphatic carbocycles. The summed E-state index contributed by atoms with van der Waals surface area (Å²) in [5, 5.41) is 0.118. The summed E-state index contributed by atoms with van der Waals surface area (Å²) < 4.78 is 33.6. The Morgan fingerprint density at radius 3 is 1.71 bits per heavy atom. The molecule has 0 aromatic heterocycles. The third-order valence-corrected chi connectivity index (χ3v) is 23.7. The van der Waals surface area contributed by atoms with E-state index in [0.29, 0.717) is 19.6 Å². The number of ketones is 1. The largest absolute Gasteiger partial charge is 0.414 e. The van der Waals surface area contributed by atoms with E-state index in [0.717, 1.165) is 0 Å². The van der Waals surface area contributed by atoms with Crippen molar-refractivity contribution >= 4 is 30.7 Å². The Hall–Kier alpha value is 0.121. The molecule has 2 rings (SSSR count). The lowest BCUT2D eigenvalue weighted by Gasteiger charge is -2.50. The topological polar surface area (TPSA) is 63.2 Å². The van der Waals surface area contributed by atoms with Crippen molar-refractivity contribution in [3.05, 3.63) is 0 Å². The molecule has 6 atom stereocenters. The predicted molar refractivity (Wildman–Crippen MR) is 164 cm³/mol. The molecule has 1 saturated heterocycles. The summed E-state index contributed by atoms with van der Waals surface area (Å²) in [6.45, 7) is 36.6. The highest BCUT2D eigenvalue weighted by Gasteiger charge is 2.60. The first-order valence-electron chi connectivity index (χ1n) is 14.7. The summed E-state index contributed by atoms with van der Waals surface area (Å²) in [5.41, 5.74) is 0. The minimum Gasteiger partial charge on any atom is -0.414 e. The first kappa shape index (κ1) is 34.3. The highest BCUT2D eigenvalue weighted by atomic mass is 28.4. The fourth-order valence-electron chi connectivity index (χ4n) is 4.49. The van der Waals surface area contributed by atoms with Crippen molar-refractivity contribution in [3.8, 4) is 0 Å². The fraction of sp³-hybridized carbons (Fsp3) is 0.966. The molecule has 224 valence electrons. The van der Waals surface area contributed by atoms with Gasteiger partial charge in [-0.15, -0.1) is 0 Å². The lowest BCUT2D eigenvalue weighted by atomic mass is 9.84. The van der Waals surface area contributed by atoms with Crippen molar-refractivity contribution in [2.24, 2.45) is 11.8 Å². The monoisotopic (exact) mass is 588 g/mol. The predicted octanol–water partition coefficient (Wildman–Crippen LogP) is 7.76. The Morgan fingerprint density at radius 1 is 0.789 bits per heavy atom. The molecule has 0 amide bonds. The van der Waals surface area contributed by atoms with Crippen LogP contribution in [-0.4, -0.2) is 68.6 Å². The molecule has 0 spiro atoms. The number of Topliss-reactive ketones (excluding diaryl/α,β-unsaturated/α-hetero) is 1. The number of hydrogen-bond acceptors (Lipinski definition) is 6. The third kappa shape index (κ3) is 7.30. The highest BCUT2D eigenvalue weighted by molar-refractivity contribution is 6.75. The second-order valence-corrected chi connectivity index (χ2v) is 30.4.